The third kappa shape index (κ3) is 2.82. The largest absolute Gasteiger partial charge is 0.508 e. The summed E-state index contributed by atoms with van der Waals surface area (Å²) in [6.07, 6.45) is 2.70. The van der Waals surface area contributed by atoms with Gasteiger partial charge in [0.2, 0.25) is 11.7 Å². The number of benzene rings is 1. The molecule has 0 radical (unpaired) electrons. The molecule has 0 saturated heterocycles. The van der Waals surface area contributed by atoms with Gasteiger partial charge in [-0.25, -0.2) is 0 Å². The lowest BCUT2D eigenvalue weighted by Crippen LogP contribution is -2.08. The van der Waals surface area contributed by atoms with E-state index in [1.807, 2.05) is 19.1 Å². The zero-order valence-electron chi connectivity index (χ0n) is 11.5. The highest BCUT2D eigenvalue weighted by molar-refractivity contribution is 5.33. The maximum Gasteiger partial charge on any atom is 0.231 e. The first-order valence-electron chi connectivity index (χ1n) is 6.99. The van der Waals surface area contributed by atoms with E-state index < -0.39 is 0 Å². The molecule has 106 valence electrons. The molecule has 0 amide bonds. The Labute approximate surface area is 117 Å². The number of ether oxygens (including phenoxy) is 1. The second-order valence-corrected chi connectivity index (χ2v) is 5.07. The summed E-state index contributed by atoms with van der Waals surface area (Å²) in [5, 5.41) is 13.8. The molecule has 1 unspecified atom stereocenters. The van der Waals surface area contributed by atoms with Crippen LogP contribution in [-0.4, -0.2) is 21.9 Å². The zero-order chi connectivity index (χ0) is 13.9. The molecular formula is C15H18N2O3. The number of rotatable bonds is 6. The van der Waals surface area contributed by atoms with Crippen LogP contribution in [0, 0.1) is 5.92 Å². The average molecular weight is 274 g/mol. The number of para-hydroxylation sites is 1. The van der Waals surface area contributed by atoms with E-state index in [1.165, 1.54) is 0 Å². The van der Waals surface area contributed by atoms with Gasteiger partial charge >= 0.3 is 0 Å². The quantitative estimate of drug-likeness (QED) is 0.877. The van der Waals surface area contributed by atoms with Crippen LogP contribution in [-0.2, 0) is 11.2 Å². The van der Waals surface area contributed by atoms with Gasteiger partial charge in [0, 0.05) is 12.2 Å². The summed E-state index contributed by atoms with van der Waals surface area (Å²) in [5.41, 5.74) is 0.780. The predicted octanol–water partition coefficient (Wildman–Crippen LogP) is 2.85. The molecule has 1 N–H and O–H groups in total. The van der Waals surface area contributed by atoms with Crippen LogP contribution in [0.2, 0.25) is 0 Å². The average Bonchev–Trinajstić information content (AvgIpc) is 3.18. The van der Waals surface area contributed by atoms with Crippen LogP contribution in [0.3, 0.4) is 0 Å². The molecule has 20 heavy (non-hydrogen) atoms. The molecule has 0 bridgehead atoms. The molecule has 0 aliphatic heterocycles. The summed E-state index contributed by atoms with van der Waals surface area (Å²) < 4.78 is 11.0. The van der Waals surface area contributed by atoms with Crippen molar-refractivity contribution in [2.75, 3.05) is 6.61 Å². The number of phenolic OH excluding ortho intramolecular Hbond substituents is 1. The molecule has 1 heterocycles. The summed E-state index contributed by atoms with van der Waals surface area (Å²) in [6, 6.07) is 7.16. The first-order chi connectivity index (χ1) is 9.78. The van der Waals surface area contributed by atoms with Gasteiger partial charge in [-0.1, -0.05) is 23.4 Å². The smallest absolute Gasteiger partial charge is 0.231 e. The van der Waals surface area contributed by atoms with Crippen LogP contribution in [0.1, 0.15) is 43.1 Å². The fourth-order valence-corrected chi connectivity index (χ4v) is 2.28. The number of hydrogen-bond acceptors (Lipinski definition) is 5. The molecule has 5 nitrogen and oxygen atoms in total. The second-order valence-electron chi connectivity index (χ2n) is 5.07. The minimum absolute atomic E-state index is 0.0538. The Balaban J connectivity index is 1.74. The van der Waals surface area contributed by atoms with Crippen molar-refractivity contribution < 1.29 is 14.4 Å². The minimum Gasteiger partial charge on any atom is -0.508 e. The van der Waals surface area contributed by atoms with E-state index >= 15 is 0 Å². The molecule has 0 spiro atoms. The van der Waals surface area contributed by atoms with Crippen molar-refractivity contribution >= 4 is 0 Å². The van der Waals surface area contributed by atoms with Crippen molar-refractivity contribution in [3.8, 4) is 5.75 Å². The Morgan fingerprint density at radius 3 is 2.90 bits per heavy atom. The Morgan fingerprint density at radius 2 is 2.20 bits per heavy atom. The van der Waals surface area contributed by atoms with E-state index in [-0.39, 0.29) is 11.9 Å². The first-order valence-corrected chi connectivity index (χ1v) is 6.99. The van der Waals surface area contributed by atoms with Gasteiger partial charge in [-0.05, 0) is 31.7 Å². The van der Waals surface area contributed by atoms with Crippen molar-refractivity contribution in [1.82, 2.24) is 10.1 Å². The van der Waals surface area contributed by atoms with Crippen LogP contribution >= 0.6 is 0 Å². The zero-order valence-corrected chi connectivity index (χ0v) is 11.5. The van der Waals surface area contributed by atoms with E-state index in [2.05, 4.69) is 10.1 Å². The van der Waals surface area contributed by atoms with Gasteiger partial charge in [-0.2, -0.15) is 4.98 Å². The summed E-state index contributed by atoms with van der Waals surface area (Å²) in [7, 11) is 0. The van der Waals surface area contributed by atoms with Gasteiger partial charge in [0.25, 0.3) is 0 Å². The maximum atomic E-state index is 9.76. The predicted molar refractivity (Wildman–Crippen MR) is 72.3 cm³/mol. The number of aromatic nitrogens is 2. The topological polar surface area (TPSA) is 68.4 Å². The van der Waals surface area contributed by atoms with Crippen molar-refractivity contribution in [1.29, 1.82) is 0 Å². The number of nitrogens with zero attached hydrogens (tertiary/aromatic N) is 2. The fraction of sp³-hybridized carbons (Fsp3) is 0.467. The SMILES string of the molecule is CCOC(c1noc(Cc2ccccc2O)n1)C1CC1. The highest BCUT2D eigenvalue weighted by Crippen LogP contribution is 2.42. The summed E-state index contributed by atoms with van der Waals surface area (Å²) >= 11 is 0. The number of phenols is 1. The van der Waals surface area contributed by atoms with Crippen molar-refractivity contribution in [2.24, 2.45) is 5.92 Å². The highest BCUT2D eigenvalue weighted by atomic mass is 16.5. The van der Waals surface area contributed by atoms with Crippen molar-refractivity contribution in [3.63, 3.8) is 0 Å². The van der Waals surface area contributed by atoms with E-state index in [0.29, 0.717) is 30.7 Å². The number of aromatic hydroxyl groups is 1. The fourth-order valence-electron chi connectivity index (χ4n) is 2.28. The van der Waals surface area contributed by atoms with E-state index in [9.17, 15) is 5.11 Å². The molecule has 2 aromatic rings. The molecule has 5 heteroatoms. The molecule has 1 fully saturated rings. The molecule has 1 aliphatic carbocycles. The molecule has 3 rings (SSSR count). The van der Waals surface area contributed by atoms with Crippen LogP contribution in [0.15, 0.2) is 28.8 Å². The van der Waals surface area contributed by atoms with Crippen molar-refractivity contribution in [2.45, 2.75) is 32.3 Å². The van der Waals surface area contributed by atoms with Gasteiger partial charge in [-0.3, -0.25) is 0 Å². The molecule has 1 atom stereocenters. The van der Waals surface area contributed by atoms with Gasteiger partial charge in [0.05, 0.1) is 6.42 Å². The van der Waals surface area contributed by atoms with Crippen LogP contribution in [0.5, 0.6) is 5.75 Å². The lowest BCUT2D eigenvalue weighted by molar-refractivity contribution is 0.0384. The summed E-state index contributed by atoms with van der Waals surface area (Å²) in [4.78, 5) is 4.41. The van der Waals surface area contributed by atoms with Gasteiger partial charge < -0.3 is 14.4 Å². The third-order valence-electron chi connectivity index (χ3n) is 3.47. The normalized spacial score (nSPS) is 16.2. The molecule has 1 aliphatic rings. The molecule has 1 saturated carbocycles. The molecule has 1 aromatic heterocycles. The van der Waals surface area contributed by atoms with Gasteiger partial charge in [0.1, 0.15) is 11.9 Å². The Kier molecular flexibility index (Phi) is 3.69. The van der Waals surface area contributed by atoms with Gasteiger partial charge in [0.15, 0.2) is 0 Å². The Morgan fingerprint density at radius 1 is 1.40 bits per heavy atom. The van der Waals surface area contributed by atoms with E-state index in [0.717, 1.165) is 18.4 Å². The summed E-state index contributed by atoms with van der Waals surface area (Å²) in [5.74, 6) is 1.90. The van der Waals surface area contributed by atoms with E-state index in [1.54, 1.807) is 12.1 Å². The monoisotopic (exact) mass is 274 g/mol. The Bertz CT molecular complexity index is 578. The third-order valence-corrected chi connectivity index (χ3v) is 3.47. The van der Waals surface area contributed by atoms with Gasteiger partial charge in [-0.15, -0.1) is 0 Å². The lowest BCUT2D eigenvalue weighted by atomic mass is 10.1. The maximum absolute atomic E-state index is 9.76. The highest BCUT2D eigenvalue weighted by Gasteiger charge is 2.36. The summed E-state index contributed by atoms with van der Waals surface area (Å²) in [6.45, 7) is 2.61. The standard InChI is InChI=1S/C15H18N2O3/c1-2-19-14(10-7-8-10)15-16-13(20-17-15)9-11-5-3-4-6-12(11)18/h3-6,10,14,18H,2,7-9H2,1H3. The number of hydrogen-bond donors (Lipinski definition) is 1. The van der Waals surface area contributed by atoms with Crippen molar-refractivity contribution in [3.05, 3.63) is 41.5 Å². The van der Waals surface area contributed by atoms with Crippen LogP contribution in [0.4, 0.5) is 0 Å². The lowest BCUT2D eigenvalue weighted by Gasteiger charge is -2.10. The Hall–Kier alpha value is -1.88. The van der Waals surface area contributed by atoms with Crippen LogP contribution in [0.25, 0.3) is 0 Å². The second kappa shape index (κ2) is 5.63. The van der Waals surface area contributed by atoms with E-state index in [4.69, 9.17) is 9.26 Å². The minimum atomic E-state index is -0.0538. The molecule has 1 aromatic carbocycles. The first kappa shape index (κ1) is 13.1. The molecular weight excluding hydrogens is 256 g/mol. The van der Waals surface area contributed by atoms with Crippen LogP contribution < -0.4 is 0 Å².